The van der Waals surface area contributed by atoms with Crippen molar-refractivity contribution >= 4 is 12.1 Å². The lowest BCUT2D eigenvalue weighted by Crippen LogP contribution is -2.19. The number of nitrogens with zero attached hydrogens (tertiary/aromatic N) is 2. The summed E-state index contributed by atoms with van der Waals surface area (Å²) in [6.45, 7) is 0. The zero-order chi connectivity index (χ0) is 8.97. The maximum absolute atomic E-state index is 11.1. The van der Waals surface area contributed by atoms with Crippen LogP contribution < -0.4 is 5.32 Å². The van der Waals surface area contributed by atoms with Crippen molar-refractivity contribution in [3.63, 3.8) is 0 Å². The van der Waals surface area contributed by atoms with E-state index in [2.05, 4.69) is 20.5 Å². The number of aliphatic imine (C=N–C) groups is 1. The first-order valence-electron chi connectivity index (χ1n) is 3.47. The number of amides is 1. The Bertz CT molecular complexity index is 302. The third kappa shape index (κ3) is 1.50. The van der Waals surface area contributed by atoms with Crippen LogP contribution in [0.15, 0.2) is 11.2 Å². The van der Waals surface area contributed by atoms with Crippen molar-refractivity contribution in [2.75, 3.05) is 14.1 Å². The predicted octanol–water partition coefficient (Wildman–Crippen LogP) is -0.182. The van der Waals surface area contributed by atoms with Gasteiger partial charge in [0.15, 0.2) is 5.69 Å². The van der Waals surface area contributed by atoms with Gasteiger partial charge in [0.2, 0.25) is 0 Å². The van der Waals surface area contributed by atoms with E-state index in [-0.39, 0.29) is 5.91 Å². The van der Waals surface area contributed by atoms with Gasteiger partial charge in [-0.2, -0.15) is 5.10 Å². The molecule has 0 spiro atoms. The molecule has 0 unspecified atom stereocenters. The minimum atomic E-state index is -0.217. The number of carbonyl (C=O) groups excluding carboxylic acids is 1. The second-order valence-corrected chi connectivity index (χ2v) is 2.16. The number of hydrogen-bond donors (Lipinski definition) is 2. The van der Waals surface area contributed by atoms with Crippen molar-refractivity contribution in [1.29, 1.82) is 0 Å². The van der Waals surface area contributed by atoms with Gasteiger partial charge >= 0.3 is 0 Å². The zero-order valence-electron chi connectivity index (χ0n) is 6.96. The Hall–Kier alpha value is -1.65. The molecule has 0 atom stereocenters. The summed E-state index contributed by atoms with van der Waals surface area (Å²) in [6, 6.07) is 0. The molecule has 0 saturated heterocycles. The minimum absolute atomic E-state index is 0.217. The second-order valence-electron chi connectivity index (χ2n) is 2.16. The molecule has 0 fully saturated rings. The van der Waals surface area contributed by atoms with Crippen LogP contribution in [-0.4, -0.2) is 36.4 Å². The molecule has 0 aliphatic carbocycles. The van der Waals surface area contributed by atoms with Gasteiger partial charge in [0.1, 0.15) is 0 Å². The number of H-pyrrole nitrogens is 1. The molecule has 1 aromatic heterocycles. The zero-order valence-corrected chi connectivity index (χ0v) is 6.96. The Labute approximate surface area is 69.9 Å². The quantitative estimate of drug-likeness (QED) is 0.598. The maximum atomic E-state index is 11.1. The summed E-state index contributed by atoms with van der Waals surface area (Å²) in [6.07, 6.45) is 3.20. The van der Waals surface area contributed by atoms with Crippen LogP contribution in [0.25, 0.3) is 0 Å². The van der Waals surface area contributed by atoms with Crippen LogP contribution in [0.4, 0.5) is 0 Å². The van der Waals surface area contributed by atoms with E-state index in [9.17, 15) is 4.79 Å². The number of carbonyl (C=O) groups is 1. The van der Waals surface area contributed by atoms with Crippen molar-refractivity contribution in [2.24, 2.45) is 4.99 Å². The molecule has 5 nitrogen and oxygen atoms in total. The van der Waals surface area contributed by atoms with Gasteiger partial charge in [-0.05, 0) is 0 Å². The van der Waals surface area contributed by atoms with Crippen LogP contribution in [0.3, 0.4) is 0 Å². The first kappa shape index (κ1) is 8.45. The summed E-state index contributed by atoms with van der Waals surface area (Å²) in [5.74, 6) is -0.217. The van der Waals surface area contributed by atoms with Crippen LogP contribution in [0, 0.1) is 0 Å². The Balaban J connectivity index is 2.98. The van der Waals surface area contributed by atoms with E-state index >= 15 is 0 Å². The van der Waals surface area contributed by atoms with Crippen molar-refractivity contribution in [3.8, 4) is 0 Å². The molecule has 0 aliphatic heterocycles. The molecular weight excluding hydrogens is 156 g/mol. The molecule has 0 radical (unpaired) electrons. The Kier molecular flexibility index (Phi) is 2.57. The van der Waals surface area contributed by atoms with Gasteiger partial charge in [0, 0.05) is 32.1 Å². The molecule has 0 saturated carbocycles. The van der Waals surface area contributed by atoms with Gasteiger partial charge < -0.3 is 5.32 Å². The Morgan fingerprint density at radius 2 is 2.58 bits per heavy atom. The Morgan fingerprint density at radius 3 is 3.17 bits per heavy atom. The average Bonchev–Trinajstić information content (AvgIpc) is 2.52. The van der Waals surface area contributed by atoms with E-state index in [1.165, 1.54) is 0 Å². The van der Waals surface area contributed by atoms with Gasteiger partial charge in [-0.15, -0.1) is 0 Å². The van der Waals surface area contributed by atoms with Crippen LogP contribution in [0.1, 0.15) is 16.1 Å². The fraction of sp³-hybridized carbons (Fsp3) is 0.286. The largest absolute Gasteiger partial charge is 0.354 e. The molecule has 1 aromatic rings. The number of nitrogens with one attached hydrogen (secondary N) is 2. The summed E-state index contributed by atoms with van der Waals surface area (Å²) < 4.78 is 0. The third-order valence-corrected chi connectivity index (χ3v) is 1.38. The van der Waals surface area contributed by atoms with Crippen LogP contribution in [-0.2, 0) is 0 Å². The lowest BCUT2D eigenvalue weighted by molar-refractivity contribution is 0.0958. The normalized spacial score (nSPS) is 10.5. The summed E-state index contributed by atoms with van der Waals surface area (Å²) in [5.41, 5.74) is 1.06. The monoisotopic (exact) mass is 166 g/mol. The van der Waals surface area contributed by atoms with E-state index in [4.69, 9.17) is 0 Å². The number of aromatic nitrogens is 2. The highest BCUT2D eigenvalue weighted by atomic mass is 16.1. The lowest BCUT2D eigenvalue weighted by atomic mass is 10.2. The van der Waals surface area contributed by atoms with E-state index in [1.807, 2.05) is 0 Å². The highest BCUT2D eigenvalue weighted by molar-refractivity contribution is 6.00. The number of hydrogen-bond acceptors (Lipinski definition) is 3. The summed E-state index contributed by atoms with van der Waals surface area (Å²) in [7, 11) is 3.20. The van der Waals surface area contributed by atoms with E-state index in [1.54, 1.807) is 26.5 Å². The third-order valence-electron chi connectivity index (χ3n) is 1.38. The van der Waals surface area contributed by atoms with Crippen molar-refractivity contribution in [1.82, 2.24) is 15.5 Å². The van der Waals surface area contributed by atoms with Crippen molar-refractivity contribution < 1.29 is 4.79 Å². The fourth-order valence-corrected chi connectivity index (χ4v) is 0.837. The highest BCUT2D eigenvalue weighted by Gasteiger charge is 2.10. The molecular formula is C7H10N4O. The molecule has 5 heteroatoms. The molecule has 0 bridgehead atoms. The molecule has 1 amide bonds. The number of aromatic amines is 1. The van der Waals surface area contributed by atoms with E-state index in [0.717, 1.165) is 0 Å². The van der Waals surface area contributed by atoms with E-state index < -0.39 is 0 Å². The van der Waals surface area contributed by atoms with Crippen LogP contribution in [0.2, 0.25) is 0 Å². The lowest BCUT2D eigenvalue weighted by Gasteiger charge is -1.94. The molecule has 1 rings (SSSR count). The van der Waals surface area contributed by atoms with Gasteiger partial charge in [0.05, 0.1) is 0 Å². The second kappa shape index (κ2) is 3.66. The van der Waals surface area contributed by atoms with Gasteiger partial charge in [-0.25, -0.2) is 0 Å². The van der Waals surface area contributed by atoms with Gasteiger partial charge in [-0.1, -0.05) is 0 Å². The van der Waals surface area contributed by atoms with Crippen molar-refractivity contribution in [2.45, 2.75) is 0 Å². The average molecular weight is 166 g/mol. The Morgan fingerprint density at radius 1 is 1.83 bits per heavy atom. The molecule has 1 heterocycles. The standard InChI is InChI=1S/C7H10N4O/c1-8-3-5-4-10-11-6(5)7(12)9-2/h3-4H,1-2H3,(H,9,12)(H,10,11). The molecule has 0 aliphatic rings. The summed E-state index contributed by atoms with van der Waals surface area (Å²) >= 11 is 0. The molecule has 0 aromatic carbocycles. The van der Waals surface area contributed by atoms with Gasteiger partial charge in [0.25, 0.3) is 5.91 Å². The van der Waals surface area contributed by atoms with Gasteiger partial charge in [-0.3, -0.25) is 14.9 Å². The SMILES string of the molecule is CN=Cc1c[nH]nc1C(=O)NC. The smallest absolute Gasteiger partial charge is 0.272 e. The first-order valence-corrected chi connectivity index (χ1v) is 3.47. The maximum Gasteiger partial charge on any atom is 0.272 e. The molecule has 12 heavy (non-hydrogen) atoms. The molecule has 2 N–H and O–H groups in total. The van der Waals surface area contributed by atoms with Crippen LogP contribution in [0.5, 0.6) is 0 Å². The molecule has 64 valence electrons. The van der Waals surface area contributed by atoms with E-state index in [0.29, 0.717) is 11.3 Å². The highest BCUT2D eigenvalue weighted by Crippen LogP contribution is 2.00. The predicted molar refractivity (Wildman–Crippen MR) is 45.5 cm³/mol. The van der Waals surface area contributed by atoms with Crippen LogP contribution >= 0.6 is 0 Å². The topological polar surface area (TPSA) is 70.1 Å². The number of rotatable bonds is 2. The fourth-order valence-electron chi connectivity index (χ4n) is 0.837. The first-order chi connectivity index (χ1) is 5.79. The summed E-state index contributed by atoms with van der Waals surface area (Å²) in [5, 5.41) is 8.86. The minimum Gasteiger partial charge on any atom is -0.354 e. The van der Waals surface area contributed by atoms with Crippen molar-refractivity contribution in [3.05, 3.63) is 17.5 Å². The summed E-state index contributed by atoms with van der Waals surface area (Å²) in [4.78, 5) is 14.9.